The van der Waals surface area contributed by atoms with Crippen LogP contribution in [0.1, 0.15) is 5.69 Å². The number of aromatic nitrogens is 1. The molecule has 0 atom stereocenters. The molecule has 2 rings (SSSR count). The lowest BCUT2D eigenvalue weighted by molar-refractivity contribution is -0.144. The van der Waals surface area contributed by atoms with Crippen molar-refractivity contribution in [2.75, 3.05) is 41.0 Å². The number of amides is 1. The van der Waals surface area contributed by atoms with Gasteiger partial charge in [-0.25, -0.2) is 4.98 Å². The van der Waals surface area contributed by atoms with Crippen molar-refractivity contribution in [1.82, 2.24) is 9.88 Å². The lowest BCUT2D eigenvalue weighted by atomic mass is 10.2. The second kappa shape index (κ2) is 9.89. The number of nitrogens with zero attached hydrogens (tertiary/aromatic N) is 2. The molecule has 1 N–H and O–H groups in total. The van der Waals surface area contributed by atoms with Crippen LogP contribution >= 0.6 is 11.3 Å². The second-order valence-corrected chi connectivity index (χ2v) is 6.45. The van der Waals surface area contributed by atoms with Crippen LogP contribution in [0.5, 0.6) is 11.5 Å². The van der Waals surface area contributed by atoms with Gasteiger partial charge in [-0.2, -0.15) is 0 Å². The van der Waals surface area contributed by atoms with Crippen LogP contribution < -0.4 is 9.47 Å². The number of aliphatic carboxylic acids is 1. The molecule has 0 spiro atoms. The van der Waals surface area contributed by atoms with Crippen molar-refractivity contribution < 1.29 is 28.9 Å². The molecule has 0 aliphatic heterocycles. The minimum absolute atomic E-state index is 0.0286. The maximum absolute atomic E-state index is 12.4. The van der Waals surface area contributed by atoms with E-state index in [0.29, 0.717) is 17.2 Å². The normalized spacial score (nSPS) is 10.5. The summed E-state index contributed by atoms with van der Waals surface area (Å²) in [7, 11) is 4.63. The van der Waals surface area contributed by atoms with Crippen LogP contribution in [0.3, 0.4) is 0 Å². The molecule has 1 heterocycles. The number of hydrogen-bond donors (Lipinski definition) is 1. The van der Waals surface area contributed by atoms with Gasteiger partial charge in [0, 0.05) is 24.6 Å². The van der Waals surface area contributed by atoms with Crippen LogP contribution in [0.15, 0.2) is 23.6 Å². The molecule has 0 aliphatic carbocycles. The Hall–Kier alpha value is -2.65. The number of hydrogen-bond acceptors (Lipinski definition) is 7. The fourth-order valence-corrected chi connectivity index (χ4v) is 3.23. The zero-order valence-corrected chi connectivity index (χ0v) is 16.2. The van der Waals surface area contributed by atoms with E-state index in [1.165, 1.54) is 23.3 Å². The molecule has 8 nitrogen and oxygen atoms in total. The van der Waals surface area contributed by atoms with Crippen molar-refractivity contribution in [3.8, 4) is 22.1 Å². The fourth-order valence-electron chi connectivity index (χ4n) is 2.41. The van der Waals surface area contributed by atoms with Gasteiger partial charge in [0.25, 0.3) is 0 Å². The summed E-state index contributed by atoms with van der Waals surface area (Å²) in [4.78, 5) is 29.1. The quantitative estimate of drug-likeness (QED) is 0.657. The van der Waals surface area contributed by atoms with Crippen LogP contribution in [-0.2, 0) is 20.7 Å². The third kappa shape index (κ3) is 5.66. The van der Waals surface area contributed by atoms with Gasteiger partial charge in [-0.1, -0.05) is 0 Å². The number of carbonyl (C=O) groups excluding carboxylic acids is 1. The third-order valence-corrected chi connectivity index (χ3v) is 4.70. The molecular formula is C18H22N2O6S. The Morgan fingerprint density at radius 2 is 1.93 bits per heavy atom. The molecule has 1 aromatic carbocycles. The highest BCUT2D eigenvalue weighted by molar-refractivity contribution is 7.13. The molecule has 9 heteroatoms. The number of methoxy groups -OCH3 is 3. The number of rotatable bonds is 10. The van der Waals surface area contributed by atoms with Gasteiger partial charge in [0.05, 0.1) is 32.9 Å². The van der Waals surface area contributed by atoms with E-state index in [-0.39, 0.29) is 32.0 Å². The van der Waals surface area contributed by atoms with Gasteiger partial charge in [0.2, 0.25) is 5.91 Å². The van der Waals surface area contributed by atoms with Crippen molar-refractivity contribution in [2.24, 2.45) is 0 Å². The first kappa shape index (κ1) is 20.7. The molecule has 27 heavy (non-hydrogen) atoms. The number of carboxylic acids is 1. The van der Waals surface area contributed by atoms with E-state index in [9.17, 15) is 9.59 Å². The topological polar surface area (TPSA) is 98.2 Å². The predicted molar refractivity (Wildman–Crippen MR) is 100 cm³/mol. The smallest absolute Gasteiger partial charge is 0.323 e. The SMILES string of the molecule is COCCN(CC(=O)O)C(=O)Cc1csc(-c2ccc(OC)c(OC)c2)n1. The van der Waals surface area contributed by atoms with Gasteiger partial charge < -0.3 is 24.2 Å². The maximum Gasteiger partial charge on any atom is 0.323 e. The number of carboxylic acid groups (broad SMARTS) is 1. The Morgan fingerprint density at radius 1 is 1.19 bits per heavy atom. The van der Waals surface area contributed by atoms with Crippen molar-refractivity contribution in [3.05, 3.63) is 29.3 Å². The molecule has 1 aromatic heterocycles. The van der Waals surface area contributed by atoms with Crippen LogP contribution in [-0.4, -0.2) is 67.9 Å². The lowest BCUT2D eigenvalue weighted by Crippen LogP contribution is -2.38. The lowest BCUT2D eigenvalue weighted by Gasteiger charge is -2.19. The van der Waals surface area contributed by atoms with E-state index in [1.807, 2.05) is 12.1 Å². The minimum Gasteiger partial charge on any atom is -0.493 e. The van der Waals surface area contributed by atoms with Gasteiger partial charge >= 0.3 is 5.97 Å². The van der Waals surface area contributed by atoms with E-state index < -0.39 is 5.97 Å². The van der Waals surface area contributed by atoms with E-state index in [0.717, 1.165) is 10.6 Å². The Kier molecular flexibility index (Phi) is 7.56. The third-order valence-electron chi connectivity index (χ3n) is 3.76. The summed E-state index contributed by atoms with van der Waals surface area (Å²) in [6, 6.07) is 5.47. The van der Waals surface area contributed by atoms with Crippen LogP contribution in [0.4, 0.5) is 0 Å². The van der Waals surface area contributed by atoms with E-state index >= 15 is 0 Å². The largest absolute Gasteiger partial charge is 0.493 e. The zero-order valence-electron chi connectivity index (χ0n) is 15.4. The number of benzene rings is 1. The van der Waals surface area contributed by atoms with Gasteiger partial charge in [-0.15, -0.1) is 11.3 Å². The summed E-state index contributed by atoms with van der Waals surface area (Å²) >= 11 is 1.40. The average molecular weight is 394 g/mol. The molecular weight excluding hydrogens is 372 g/mol. The first-order valence-corrected chi connectivity index (χ1v) is 9.01. The molecule has 146 valence electrons. The van der Waals surface area contributed by atoms with Crippen molar-refractivity contribution >= 4 is 23.2 Å². The average Bonchev–Trinajstić information content (AvgIpc) is 3.12. The molecule has 0 unspecified atom stereocenters. The Morgan fingerprint density at radius 3 is 2.56 bits per heavy atom. The fraction of sp³-hybridized carbons (Fsp3) is 0.389. The monoisotopic (exact) mass is 394 g/mol. The number of carbonyl (C=O) groups is 2. The Labute approximate surface area is 161 Å². The van der Waals surface area contributed by atoms with Crippen molar-refractivity contribution in [2.45, 2.75) is 6.42 Å². The Balaban J connectivity index is 2.12. The second-order valence-electron chi connectivity index (χ2n) is 5.59. The summed E-state index contributed by atoms with van der Waals surface area (Å²) in [5.74, 6) is -0.159. The summed E-state index contributed by atoms with van der Waals surface area (Å²) in [6.45, 7) is 0.121. The summed E-state index contributed by atoms with van der Waals surface area (Å²) in [6.07, 6.45) is 0.0286. The van der Waals surface area contributed by atoms with Crippen LogP contribution in [0.25, 0.3) is 10.6 Å². The molecule has 1 amide bonds. The standard InChI is InChI=1S/C18H22N2O6S/c1-24-7-6-20(10-17(22)23)16(21)9-13-11-27-18(19-13)12-4-5-14(25-2)15(8-12)26-3/h4-5,8,11H,6-7,9-10H2,1-3H3,(H,22,23). The highest BCUT2D eigenvalue weighted by Crippen LogP contribution is 2.33. The molecule has 0 radical (unpaired) electrons. The first-order chi connectivity index (χ1) is 13.0. The van der Waals surface area contributed by atoms with Gasteiger partial charge in [-0.3, -0.25) is 9.59 Å². The van der Waals surface area contributed by atoms with Crippen molar-refractivity contribution in [3.63, 3.8) is 0 Å². The highest BCUT2D eigenvalue weighted by Gasteiger charge is 2.18. The van der Waals surface area contributed by atoms with Crippen LogP contribution in [0, 0.1) is 0 Å². The molecule has 0 saturated heterocycles. The molecule has 0 aliphatic rings. The summed E-state index contributed by atoms with van der Waals surface area (Å²) in [5, 5.41) is 11.5. The maximum atomic E-state index is 12.4. The molecule has 2 aromatic rings. The zero-order chi connectivity index (χ0) is 19.8. The van der Waals surface area contributed by atoms with E-state index in [2.05, 4.69) is 4.98 Å². The van der Waals surface area contributed by atoms with Gasteiger partial charge in [0.15, 0.2) is 11.5 Å². The highest BCUT2D eigenvalue weighted by atomic mass is 32.1. The molecule has 0 fully saturated rings. The summed E-state index contributed by atoms with van der Waals surface area (Å²) in [5.41, 5.74) is 1.43. The van der Waals surface area contributed by atoms with E-state index in [4.69, 9.17) is 19.3 Å². The summed E-state index contributed by atoms with van der Waals surface area (Å²) < 4.78 is 15.5. The number of thiazole rings is 1. The molecule has 0 bridgehead atoms. The van der Waals surface area contributed by atoms with E-state index in [1.54, 1.807) is 25.7 Å². The first-order valence-electron chi connectivity index (χ1n) is 8.13. The minimum atomic E-state index is -1.07. The van der Waals surface area contributed by atoms with Crippen molar-refractivity contribution in [1.29, 1.82) is 0 Å². The van der Waals surface area contributed by atoms with Gasteiger partial charge in [0.1, 0.15) is 11.6 Å². The number of ether oxygens (including phenoxy) is 3. The van der Waals surface area contributed by atoms with Gasteiger partial charge in [-0.05, 0) is 18.2 Å². The van der Waals surface area contributed by atoms with Crippen LogP contribution in [0.2, 0.25) is 0 Å². The Bertz CT molecular complexity index is 792. The molecule has 0 saturated carbocycles. The predicted octanol–water partition coefficient (Wildman–Crippen LogP) is 1.93.